The van der Waals surface area contributed by atoms with Crippen molar-refractivity contribution in [2.45, 2.75) is 19.0 Å². The number of hydrazone groups is 1. The Morgan fingerprint density at radius 1 is 1.03 bits per heavy atom. The highest BCUT2D eigenvalue weighted by atomic mass is 79.9. The molecule has 0 atom stereocenters. The molecule has 3 aromatic carbocycles. The summed E-state index contributed by atoms with van der Waals surface area (Å²) in [4.78, 5) is 12.5. The van der Waals surface area contributed by atoms with Gasteiger partial charge in [-0.25, -0.2) is 5.43 Å². The van der Waals surface area contributed by atoms with Crippen molar-refractivity contribution >= 4 is 39.3 Å². The van der Waals surface area contributed by atoms with Crippen LogP contribution in [-0.2, 0) is 4.79 Å². The van der Waals surface area contributed by atoms with Gasteiger partial charge in [-0.1, -0.05) is 69.7 Å². The first-order chi connectivity index (χ1) is 16.9. The third kappa shape index (κ3) is 6.17. The van der Waals surface area contributed by atoms with Gasteiger partial charge in [0.1, 0.15) is 5.75 Å². The van der Waals surface area contributed by atoms with Gasteiger partial charge in [-0.05, 0) is 55.8 Å². The second-order valence-electron chi connectivity index (χ2n) is 7.73. The zero-order valence-corrected chi connectivity index (χ0v) is 21.9. The topological polar surface area (TPSA) is 81.4 Å². The molecule has 178 valence electrons. The summed E-state index contributed by atoms with van der Waals surface area (Å²) in [5.74, 6) is 1.36. The third-order valence-electron chi connectivity index (χ3n) is 5.22. The van der Waals surface area contributed by atoms with E-state index in [0.29, 0.717) is 11.0 Å². The summed E-state index contributed by atoms with van der Waals surface area (Å²) in [5, 5.41) is 13.6. The van der Waals surface area contributed by atoms with Crippen LogP contribution in [0.5, 0.6) is 5.75 Å². The SMILES string of the molecule is COc1ccc(-n2c(SCC(=O)NN=C(C)c3ccc(Br)cc3)nnc2-c2ccc(C)cc2)cc1. The molecule has 0 aliphatic carbocycles. The summed E-state index contributed by atoms with van der Waals surface area (Å²) in [6.07, 6.45) is 0. The van der Waals surface area contributed by atoms with Crippen molar-refractivity contribution < 1.29 is 9.53 Å². The second-order valence-corrected chi connectivity index (χ2v) is 9.59. The predicted molar refractivity (Wildman–Crippen MR) is 143 cm³/mol. The highest BCUT2D eigenvalue weighted by Crippen LogP contribution is 2.29. The van der Waals surface area contributed by atoms with Crippen LogP contribution in [0.15, 0.2) is 87.5 Å². The van der Waals surface area contributed by atoms with Gasteiger partial charge in [-0.15, -0.1) is 10.2 Å². The van der Waals surface area contributed by atoms with Crippen molar-refractivity contribution in [3.63, 3.8) is 0 Å². The number of hydrogen-bond acceptors (Lipinski definition) is 6. The number of benzene rings is 3. The van der Waals surface area contributed by atoms with E-state index in [1.807, 2.05) is 91.2 Å². The van der Waals surface area contributed by atoms with Gasteiger partial charge in [0.25, 0.3) is 5.91 Å². The van der Waals surface area contributed by atoms with Crippen LogP contribution in [0, 0.1) is 6.92 Å². The molecule has 0 bridgehead atoms. The van der Waals surface area contributed by atoms with Crippen LogP contribution in [0.25, 0.3) is 17.1 Å². The first-order valence-corrected chi connectivity index (χ1v) is 12.6. The number of nitrogens with zero attached hydrogens (tertiary/aromatic N) is 4. The van der Waals surface area contributed by atoms with Crippen molar-refractivity contribution in [1.82, 2.24) is 20.2 Å². The minimum absolute atomic E-state index is 0.138. The van der Waals surface area contributed by atoms with Gasteiger partial charge in [0, 0.05) is 15.7 Å². The van der Waals surface area contributed by atoms with Crippen molar-refractivity contribution in [3.8, 4) is 22.8 Å². The molecular formula is C26H24BrN5O2S. The van der Waals surface area contributed by atoms with Crippen LogP contribution in [-0.4, -0.2) is 39.2 Å². The molecule has 0 spiro atoms. The van der Waals surface area contributed by atoms with E-state index >= 15 is 0 Å². The summed E-state index contributed by atoms with van der Waals surface area (Å²) in [5.41, 5.74) is 7.25. The number of carbonyl (C=O) groups excluding carboxylic acids is 1. The van der Waals surface area contributed by atoms with E-state index in [1.165, 1.54) is 11.8 Å². The molecule has 0 aliphatic heterocycles. The lowest BCUT2D eigenvalue weighted by atomic mass is 10.1. The molecule has 1 heterocycles. The highest BCUT2D eigenvalue weighted by molar-refractivity contribution is 9.10. The molecule has 7 nitrogen and oxygen atoms in total. The maximum Gasteiger partial charge on any atom is 0.250 e. The second kappa shape index (κ2) is 11.3. The number of halogens is 1. The largest absolute Gasteiger partial charge is 0.497 e. The van der Waals surface area contributed by atoms with E-state index in [2.05, 4.69) is 36.7 Å². The molecule has 1 N–H and O–H groups in total. The van der Waals surface area contributed by atoms with Crippen molar-refractivity contribution in [2.24, 2.45) is 5.10 Å². The lowest BCUT2D eigenvalue weighted by Crippen LogP contribution is -2.21. The molecular weight excluding hydrogens is 526 g/mol. The fourth-order valence-electron chi connectivity index (χ4n) is 3.28. The number of aryl methyl sites for hydroxylation is 1. The zero-order chi connectivity index (χ0) is 24.8. The van der Waals surface area contributed by atoms with Gasteiger partial charge in [0.15, 0.2) is 11.0 Å². The smallest absolute Gasteiger partial charge is 0.250 e. The average Bonchev–Trinajstić information content (AvgIpc) is 3.31. The Hall–Kier alpha value is -3.43. The molecule has 0 saturated heterocycles. The van der Waals surface area contributed by atoms with Crippen LogP contribution in [0.4, 0.5) is 0 Å². The van der Waals surface area contributed by atoms with E-state index in [9.17, 15) is 4.79 Å². The minimum Gasteiger partial charge on any atom is -0.497 e. The molecule has 0 aliphatic rings. The molecule has 9 heteroatoms. The molecule has 4 aromatic rings. The summed E-state index contributed by atoms with van der Waals surface area (Å²) in [6.45, 7) is 3.89. The van der Waals surface area contributed by atoms with Gasteiger partial charge in [-0.2, -0.15) is 5.10 Å². The zero-order valence-electron chi connectivity index (χ0n) is 19.5. The number of carbonyl (C=O) groups is 1. The van der Waals surface area contributed by atoms with Gasteiger partial charge in [0.05, 0.1) is 18.6 Å². The normalized spacial score (nSPS) is 11.4. The predicted octanol–water partition coefficient (Wildman–Crippen LogP) is 5.65. The van der Waals surface area contributed by atoms with E-state index in [0.717, 1.165) is 38.3 Å². The number of methoxy groups -OCH3 is 1. The lowest BCUT2D eigenvalue weighted by molar-refractivity contribution is -0.118. The maximum atomic E-state index is 12.5. The van der Waals surface area contributed by atoms with Crippen LogP contribution in [0.1, 0.15) is 18.1 Å². The molecule has 1 amide bonds. The Kier molecular flexibility index (Phi) is 7.99. The number of ether oxygens (including phenoxy) is 1. The summed E-state index contributed by atoms with van der Waals surface area (Å²) in [7, 11) is 1.63. The maximum absolute atomic E-state index is 12.5. The first-order valence-electron chi connectivity index (χ1n) is 10.8. The quantitative estimate of drug-likeness (QED) is 0.174. The summed E-state index contributed by atoms with van der Waals surface area (Å²) in [6, 6.07) is 23.5. The van der Waals surface area contributed by atoms with Gasteiger partial charge < -0.3 is 4.74 Å². The van der Waals surface area contributed by atoms with E-state index < -0.39 is 0 Å². The number of thioether (sulfide) groups is 1. The summed E-state index contributed by atoms with van der Waals surface area (Å²) >= 11 is 4.72. The molecule has 0 saturated carbocycles. The third-order valence-corrected chi connectivity index (χ3v) is 6.67. The Morgan fingerprint density at radius 2 is 1.71 bits per heavy atom. The van der Waals surface area contributed by atoms with E-state index in [1.54, 1.807) is 7.11 Å². The highest BCUT2D eigenvalue weighted by Gasteiger charge is 2.17. The van der Waals surface area contributed by atoms with Crippen LogP contribution >= 0.6 is 27.7 Å². The fraction of sp³-hybridized carbons (Fsp3) is 0.154. The average molecular weight is 550 g/mol. The number of nitrogens with one attached hydrogen (secondary N) is 1. The molecule has 0 fully saturated rings. The monoisotopic (exact) mass is 549 g/mol. The first kappa shape index (κ1) is 24.7. The molecule has 4 rings (SSSR count). The Balaban J connectivity index is 1.53. The lowest BCUT2D eigenvalue weighted by Gasteiger charge is -2.11. The molecule has 0 radical (unpaired) electrons. The number of amides is 1. The van der Waals surface area contributed by atoms with Crippen LogP contribution < -0.4 is 10.2 Å². The van der Waals surface area contributed by atoms with Gasteiger partial charge >= 0.3 is 0 Å². The Labute approximate surface area is 216 Å². The number of rotatable bonds is 8. The molecule has 1 aromatic heterocycles. The van der Waals surface area contributed by atoms with Gasteiger partial charge in [-0.3, -0.25) is 9.36 Å². The molecule has 0 unspecified atom stereocenters. The minimum atomic E-state index is -0.229. The van der Waals surface area contributed by atoms with E-state index in [4.69, 9.17) is 4.74 Å². The van der Waals surface area contributed by atoms with Crippen molar-refractivity contribution in [2.75, 3.05) is 12.9 Å². The van der Waals surface area contributed by atoms with Crippen molar-refractivity contribution in [3.05, 3.63) is 88.4 Å². The number of aromatic nitrogens is 3. The Bertz CT molecular complexity index is 1330. The van der Waals surface area contributed by atoms with Crippen LogP contribution in [0.3, 0.4) is 0 Å². The Morgan fingerprint density at radius 3 is 2.37 bits per heavy atom. The summed E-state index contributed by atoms with van der Waals surface area (Å²) < 4.78 is 8.22. The van der Waals surface area contributed by atoms with Crippen LogP contribution in [0.2, 0.25) is 0 Å². The number of hydrogen-bond donors (Lipinski definition) is 1. The molecule has 35 heavy (non-hydrogen) atoms. The fourth-order valence-corrected chi connectivity index (χ4v) is 4.29. The van der Waals surface area contributed by atoms with Gasteiger partial charge in [0.2, 0.25) is 0 Å². The van der Waals surface area contributed by atoms with E-state index in [-0.39, 0.29) is 11.7 Å². The van der Waals surface area contributed by atoms with Crippen molar-refractivity contribution in [1.29, 1.82) is 0 Å². The standard InChI is InChI=1S/C26H24BrN5O2S/c1-17-4-6-20(7-5-17)25-30-31-26(32(25)22-12-14-23(34-3)15-13-22)35-16-24(33)29-28-18(2)19-8-10-21(27)11-9-19/h4-15H,16H2,1-3H3,(H,29,33).